The molecule has 1 aromatic heterocycles. The second-order valence-corrected chi connectivity index (χ2v) is 4.46. The highest BCUT2D eigenvalue weighted by atomic mass is 16.5. The van der Waals surface area contributed by atoms with E-state index in [0.717, 1.165) is 11.3 Å². The zero-order valence-corrected chi connectivity index (χ0v) is 11.7. The van der Waals surface area contributed by atoms with E-state index in [-0.39, 0.29) is 5.56 Å². The van der Waals surface area contributed by atoms with Crippen LogP contribution in [0.3, 0.4) is 0 Å². The van der Waals surface area contributed by atoms with Crippen LogP contribution in [0, 0.1) is 0 Å². The Balaban J connectivity index is 2.05. The molecule has 2 aromatic rings. The predicted octanol–water partition coefficient (Wildman–Crippen LogP) is 2.03. The van der Waals surface area contributed by atoms with Gasteiger partial charge in [-0.2, -0.15) is 0 Å². The Bertz CT molecular complexity index is 644. The monoisotopic (exact) mass is 287 g/mol. The molecule has 0 saturated carbocycles. The number of hydrogen-bond donors (Lipinski definition) is 3. The molecule has 0 radical (unpaired) electrons. The van der Waals surface area contributed by atoms with Crippen LogP contribution in [0.1, 0.15) is 15.9 Å². The number of pyridine rings is 1. The number of anilines is 2. The van der Waals surface area contributed by atoms with Gasteiger partial charge in [-0.3, -0.25) is 0 Å². The van der Waals surface area contributed by atoms with Crippen LogP contribution in [0.15, 0.2) is 36.5 Å². The van der Waals surface area contributed by atoms with Gasteiger partial charge in [-0.25, -0.2) is 9.78 Å². The van der Waals surface area contributed by atoms with Gasteiger partial charge in [0.25, 0.3) is 0 Å². The lowest BCUT2D eigenvalue weighted by atomic mass is 10.1. The summed E-state index contributed by atoms with van der Waals surface area (Å²) in [7, 11) is 1.62. The molecule has 21 heavy (non-hydrogen) atoms. The summed E-state index contributed by atoms with van der Waals surface area (Å²) in [6.07, 6.45) is 2.12. The molecule has 1 aromatic carbocycles. The Morgan fingerprint density at radius 3 is 2.90 bits per heavy atom. The molecule has 0 aliphatic carbocycles. The van der Waals surface area contributed by atoms with Crippen LogP contribution in [-0.4, -0.2) is 29.7 Å². The molecule has 0 aliphatic heterocycles. The SMILES string of the molecule is COc1ccccc1CCNc1ncc(N)cc1C(=O)O. The maximum atomic E-state index is 11.2. The van der Waals surface area contributed by atoms with Crippen molar-refractivity contribution in [3.8, 4) is 5.75 Å². The van der Waals surface area contributed by atoms with Crippen molar-refractivity contribution < 1.29 is 14.6 Å². The Morgan fingerprint density at radius 2 is 2.19 bits per heavy atom. The van der Waals surface area contributed by atoms with Crippen molar-refractivity contribution in [1.29, 1.82) is 0 Å². The zero-order valence-electron chi connectivity index (χ0n) is 11.7. The van der Waals surface area contributed by atoms with Gasteiger partial charge in [0, 0.05) is 6.54 Å². The largest absolute Gasteiger partial charge is 0.496 e. The van der Waals surface area contributed by atoms with Crippen LogP contribution in [-0.2, 0) is 6.42 Å². The number of nitrogens with zero attached hydrogens (tertiary/aromatic N) is 1. The Morgan fingerprint density at radius 1 is 1.43 bits per heavy atom. The first-order chi connectivity index (χ1) is 10.1. The number of nitrogen functional groups attached to an aromatic ring is 1. The summed E-state index contributed by atoms with van der Waals surface area (Å²) in [6, 6.07) is 9.08. The van der Waals surface area contributed by atoms with E-state index in [1.165, 1.54) is 12.3 Å². The van der Waals surface area contributed by atoms with E-state index >= 15 is 0 Å². The number of nitrogens with one attached hydrogen (secondary N) is 1. The number of hydrogen-bond acceptors (Lipinski definition) is 5. The number of carboxylic acids is 1. The van der Waals surface area contributed by atoms with E-state index < -0.39 is 5.97 Å². The van der Waals surface area contributed by atoms with E-state index in [4.69, 9.17) is 15.6 Å². The summed E-state index contributed by atoms with van der Waals surface area (Å²) in [5.74, 6) is 0.0595. The standard InChI is InChI=1S/C15H17N3O3/c1-21-13-5-3-2-4-10(13)6-7-17-14-12(15(19)20)8-11(16)9-18-14/h2-5,8-9H,6-7,16H2,1H3,(H,17,18)(H,19,20). The van der Waals surface area contributed by atoms with Gasteiger partial charge in [0.05, 0.1) is 19.0 Å². The molecule has 6 heteroatoms. The summed E-state index contributed by atoms with van der Waals surface area (Å²) >= 11 is 0. The van der Waals surface area contributed by atoms with Crippen LogP contribution >= 0.6 is 0 Å². The fraction of sp³-hybridized carbons (Fsp3) is 0.200. The molecule has 0 unspecified atom stereocenters. The van der Waals surface area contributed by atoms with Crippen molar-refractivity contribution in [2.24, 2.45) is 0 Å². The molecule has 0 spiro atoms. The number of rotatable bonds is 6. The maximum Gasteiger partial charge on any atom is 0.339 e. The molecule has 0 fully saturated rings. The van der Waals surface area contributed by atoms with E-state index in [0.29, 0.717) is 24.5 Å². The topological polar surface area (TPSA) is 97.5 Å². The van der Waals surface area contributed by atoms with Crippen molar-refractivity contribution in [3.05, 3.63) is 47.7 Å². The minimum Gasteiger partial charge on any atom is -0.496 e. The number of methoxy groups -OCH3 is 1. The number of carbonyl (C=O) groups is 1. The first kappa shape index (κ1) is 14.6. The molecule has 0 amide bonds. The molecule has 0 saturated heterocycles. The fourth-order valence-electron chi connectivity index (χ4n) is 2.01. The third kappa shape index (κ3) is 3.62. The molecule has 4 N–H and O–H groups in total. The zero-order chi connectivity index (χ0) is 15.2. The van der Waals surface area contributed by atoms with Crippen LogP contribution in [0.2, 0.25) is 0 Å². The number of para-hydroxylation sites is 1. The highest BCUT2D eigenvalue weighted by Gasteiger charge is 2.11. The highest BCUT2D eigenvalue weighted by Crippen LogP contribution is 2.19. The van der Waals surface area contributed by atoms with E-state index in [2.05, 4.69) is 10.3 Å². The van der Waals surface area contributed by atoms with E-state index in [1.54, 1.807) is 7.11 Å². The van der Waals surface area contributed by atoms with E-state index in [1.807, 2.05) is 24.3 Å². The summed E-state index contributed by atoms with van der Waals surface area (Å²) in [5, 5.41) is 12.2. The third-order valence-electron chi connectivity index (χ3n) is 3.02. The highest BCUT2D eigenvalue weighted by molar-refractivity contribution is 5.94. The summed E-state index contributed by atoms with van der Waals surface area (Å²) in [6.45, 7) is 0.539. The minimum atomic E-state index is -1.06. The van der Waals surface area contributed by atoms with E-state index in [9.17, 15) is 4.79 Å². The van der Waals surface area contributed by atoms with Crippen molar-refractivity contribution in [1.82, 2.24) is 4.98 Å². The average Bonchev–Trinajstić information content (AvgIpc) is 2.49. The quantitative estimate of drug-likeness (QED) is 0.752. The predicted molar refractivity (Wildman–Crippen MR) is 80.8 cm³/mol. The van der Waals surface area contributed by atoms with Crippen molar-refractivity contribution >= 4 is 17.5 Å². The molecule has 6 nitrogen and oxygen atoms in total. The number of aromatic carboxylic acids is 1. The number of aromatic nitrogens is 1. The summed E-state index contributed by atoms with van der Waals surface area (Å²) in [5.41, 5.74) is 6.98. The Labute approximate surface area is 122 Å². The fourth-order valence-corrected chi connectivity index (χ4v) is 2.01. The third-order valence-corrected chi connectivity index (χ3v) is 3.02. The molecule has 2 rings (SSSR count). The number of ether oxygens (including phenoxy) is 1. The Kier molecular flexibility index (Phi) is 4.61. The first-order valence-corrected chi connectivity index (χ1v) is 6.46. The lowest BCUT2D eigenvalue weighted by molar-refractivity contribution is 0.0697. The van der Waals surface area contributed by atoms with Gasteiger partial charge in [0.15, 0.2) is 0 Å². The Hall–Kier alpha value is -2.76. The minimum absolute atomic E-state index is 0.0648. The van der Waals surface area contributed by atoms with Gasteiger partial charge in [-0.15, -0.1) is 0 Å². The summed E-state index contributed by atoms with van der Waals surface area (Å²) in [4.78, 5) is 15.2. The lowest BCUT2D eigenvalue weighted by Gasteiger charge is -2.11. The molecule has 0 atom stereocenters. The van der Waals surface area contributed by atoms with Crippen molar-refractivity contribution in [2.75, 3.05) is 24.7 Å². The lowest BCUT2D eigenvalue weighted by Crippen LogP contribution is -2.12. The summed E-state index contributed by atoms with van der Waals surface area (Å²) < 4.78 is 5.27. The van der Waals surface area contributed by atoms with Crippen molar-refractivity contribution in [2.45, 2.75) is 6.42 Å². The van der Waals surface area contributed by atoms with Crippen LogP contribution < -0.4 is 15.8 Å². The van der Waals surface area contributed by atoms with Crippen LogP contribution in [0.25, 0.3) is 0 Å². The molecular weight excluding hydrogens is 270 g/mol. The van der Waals surface area contributed by atoms with Gasteiger partial charge in [0.1, 0.15) is 17.1 Å². The smallest absolute Gasteiger partial charge is 0.339 e. The van der Waals surface area contributed by atoms with Crippen LogP contribution in [0.5, 0.6) is 5.75 Å². The van der Waals surface area contributed by atoms with Gasteiger partial charge in [0.2, 0.25) is 0 Å². The first-order valence-electron chi connectivity index (χ1n) is 6.46. The number of carboxylic acid groups (broad SMARTS) is 1. The maximum absolute atomic E-state index is 11.2. The van der Waals surface area contributed by atoms with Crippen molar-refractivity contribution in [3.63, 3.8) is 0 Å². The van der Waals surface area contributed by atoms with Gasteiger partial charge >= 0.3 is 5.97 Å². The number of benzene rings is 1. The molecule has 0 bridgehead atoms. The van der Waals surface area contributed by atoms with Crippen LogP contribution in [0.4, 0.5) is 11.5 Å². The van der Waals surface area contributed by atoms with Gasteiger partial charge in [-0.05, 0) is 24.1 Å². The second kappa shape index (κ2) is 6.60. The average molecular weight is 287 g/mol. The number of nitrogens with two attached hydrogens (primary N) is 1. The van der Waals surface area contributed by atoms with Gasteiger partial charge < -0.3 is 20.9 Å². The molecule has 1 heterocycles. The molecule has 110 valence electrons. The molecular formula is C15H17N3O3. The van der Waals surface area contributed by atoms with Gasteiger partial charge in [-0.1, -0.05) is 18.2 Å². The normalized spacial score (nSPS) is 10.1. The second-order valence-electron chi connectivity index (χ2n) is 4.46. The molecule has 0 aliphatic rings.